The van der Waals surface area contributed by atoms with E-state index in [1.807, 2.05) is 26.0 Å². The van der Waals surface area contributed by atoms with Gasteiger partial charge in [0.25, 0.3) is 0 Å². The first kappa shape index (κ1) is 11.0. The molecule has 4 heteroatoms. The van der Waals surface area contributed by atoms with Gasteiger partial charge in [-0.3, -0.25) is 4.79 Å². The van der Waals surface area contributed by atoms with E-state index in [-0.39, 0.29) is 11.9 Å². The molecule has 1 aromatic rings. The lowest BCUT2D eigenvalue weighted by molar-refractivity contribution is -0.117. The molecule has 2 rings (SSSR count). The fraction of sp³-hybridized carbons (Fsp3) is 0.417. The Labute approximate surface area is 95.2 Å². The van der Waals surface area contributed by atoms with Gasteiger partial charge < -0.3 is 16.4 Å². The van der Waals surface area contributed by atoms with Crippen LogP contribution in [-0.2, 0) is 4.79 Å². The summed E-state index contributed by atoms with van der Waals surface area (Å²) in [5.41, 5.74) is 15.4. The summed E-state index contributed by atoms with van der Waals surface area (Å²) in [6.07, 6.45) is 0.409. The number of hydrogen-bond acceptors (Lipinski definition) is 3. The molecule has 1 amide bonds. The van der Waals surface area contributed by atoms with Crippen LogP contribution in [0.4, 0.5) is 11.4 Å². The lowest BCUT2D eigenvalue weighted by Crippen LogP contribution is -2.28. The zero-order chi connectivity index (χ0) is 11.9. The van der Waals surface area contributed by atoms with Crippen molar-refractivity contribution in [2.45, 2.75) is 26.3 Å². The largest absolute Gasteiger partial charge is 0.397 e. The molecule has 0 radical (unpaired) electrons. The maximum absolute atomic E-state index is 11.7. The molecule has 86 valence electrons. The Morgan fingerprint density at radius 2 is 2.06 bits per heavy atom. The van der Waals surface area contributed by atoms with Crippen LogP contribution in [0.15, 0.2) is 12.1 Å². The molecule has 1 saturated heterocycles. The zero-order valence-corrected chi connectivity index (χ0v) is 9.66. The van der Waals surface area contributed by atoms with Gasteiger partial charge in [0.1, 0.15) is 0 Å². The van der Waals surface area contributed by atoms with Gasteiger partial charge in [-0.15, -0.1) is 0 Å². The van der Waals surface area contributed by atoms with Crippen LogP contribution in [0.5, 0.6) is 0 Å². The minimum Gasteiger partial charge on any atom is -0.397 e. The van der Waals surface area contributed by atoms with Crippen molar-refractivity contribution in [3.8, 4) is 0 Å². The summed E-state index contributed by atoms with van der Waals surface area (Å²) >= 11 is 0. The van der Waals surface area contributed by atoms with Gasteiger partial charge in [-0.1, -0.05) is 6.07 Å². The molecule has 1 aliphatic heterocycles. The first-order chi connectivity index (χ1) is 7.50. The monoisotopic (exact) mass is 219 g/mol. The average molecular weight is 219 g/mol. The predicted octanol–water partition coefficient (Wildman–Crippen LogP) is 0.950. The number of nitrogens with two attached hydrogens (primary N) is 2. The number of carbonyl (C=O) groups excluding carboxylic acids is 1. The van der Waals surface area contributed by atoms with Crippen molar-refractivity contribution in [1.82, 2.24) is 0 Å². The van der Waals surface area contributed by atoms with E-state index in [4.69, 9.17) is 11.5 Å². The maximum atomic E-state index is 11.7. The summed E-state index contributed by atoms with van der Waals surface area (Å²) in [4.78, 5) is 13.4. The lowest BCUT2D eigenvalue weighted by atomic mass is 10.1. The Bertz CT molecular complexity index is 442. The molecule has 1 heterocycles. The fourth-order valence-electron chi connectivity index (χ4n) is 2.03. The normalized spacial score (nSPS) is 20.6. The van der Waals surface area contributed by atoms with Crippen molar-refractivity contribution in [3.05, 3.63) is 23.3 Å². The molecular weight excluding hydrogens is 202 g/mol. The average Bonchev–Trinajstić information content (AvgIpc) is 2.55. The molecule has 1 fully saturated rings. The van der Waals surface area contributed by atoms with Crippen LogP contribution < -0.4 is 16.4 Å². The van der Waals surface area contributed by atoms with E-state index in [2.05, 4.69) is 0 Å². The maximum Gasteiger partial charge on any atom is 0.228 e. The number of nitrogens with zero attached hydrogens (tertiary/aromatic N) is 1. The molecule has 1 aliphatic rings. The number of anilines is 2. The molecule has 0 aromatic heterocycles. The molecule has 16 heavy (non-hydrogen) atoms. The number of nitrogen functional groups attached to an aromatic ring is 1. The first-order valence-electron chi connectivity index (χ1n) is 5.42. The van der Waals surface area contributed by atoms with Gasteiger partial charge in [0.15, 0.2) is 0 Å². The SMILES string of the molecule is Cc1ccc(N2CC(N)CC2=O)c(N)c1C. The van der Waals surface area contributed by atoms with E-state index < -0.39 is 0 Å². The van der Waals surface area contributed by atoms with Gasteiger partial charge in [0.2, 0.25) is 5.91 Å². The Balaban J connectivity index is 2.42. The second kappa shape index (κ2) is 3.79. The molecule has 1 atom stereocenters. The third-order valence-corrected chi connectivity index (χ3v) is 3.21. The molecular formula is C12H17N3O. The van der Waals surface area contributed by atoms with Crippen molar-refractivity contribution < 1.29 is 4.79 Å². The Kier molecular flexibility index (Phi) is 2.59. The Hall–Kier alpha value is -1.55. The van der Waals surface area contributed by atoms with Gasteiger partial charge in [-0.05, 0) is 31.0 Å². The lowest BCUT2D eigenvalue weighted by Gasteiger charge is -2.20. The summed E-state index contributed by atoms with van der Waals surface area (Å²) in [7, 11) is 0. The summed E-state index contributed by atoms with van der Waals surface area (Å²) in [5, 5.41) is 0. The van der Waals surface area contributed by atoms with Crippen LogP contribution in [0.25, 0.3) is 0 Å². The number of benzene rings is 1. The Morgan fingerprint density at radius 3 is 2.62 bits per heavy atom. The van der Waals surface area contributed by atoms with Crippen LogP contribution in [0.1, 0.15) is 17.5 Å². The quantitative estimate of drug-likeness (QED) is 0.691. The minimum absolute atomic E-state index is 0.0578. The van der Waals surface area contributed by atoms with Crippen molar-refractivity contribution in [3.63, 3.8) is 0 Å². The molecule has 0 aliphatic carbocycles. The van der Waals surface area contributed by atoms with Crippen LogP contribution in [-0.4, -0.2) is 18.5 Å². The molecule has 0 spiro atoms. The minimum atomic E-state index is -0.0755. The van der Waals surface area contributed by atoms with E-state index >= 15 is 0 Å². The highest BCUT2D eigenvalue weighted by atomic mass is 16.2. The van der Waals surface area contributed by atoms with E-state index in [9.17, 15) is 4.79 Å². The van der Waals surface area contributed by atoms with E-state index in [0.29, 0.717) is 18.7 Å². The molecule has 0 saturated carbocycles. The molecule has 1 unspecified atom stereocenters. The standard InChI is InChI=1S/C12H17N3O/c1-7-3-4-10(12(14)8(7)2)15-6-9(13)5-11(15)16/h3-4,9H,5-6,13-14H2,1-2H3. The second-order valence-corrected chi connectivity index (χ2v) is 4.41. The highest BCUT2D eigenvalue weighted by molar-refractivity contribution is 5.99. The van der Waals surface area contributed by atoms with Gasteiger partial charge in [-0.25, -0.2) is 0 Å². The van der Waals surface area contributed by atoms with E-state index in [0.717, 1.165) is 16.8 Å². The summed E-state index contributed by atoms with van der Waals surface area (Å²) < 4.78 is 0. The number of amides is 1. The van der Waals surface area contributed by atoms with Crippen molar-refractivity contribution >= 4 is 17.3 Å². The van der Waals surface area contributed by atoms with Crippen molar-refractivity contribution in [2.75, 3.05) is 17.2 Å². The summed E-state index contributed by atoms with van der Waals surface area (Å²) in [6.45, 7) is 4.53. The van der Waals surface area contributed by atoms with E-state index in [1.165, 1.54) is 0 Å². The van der Waals surface area contributed by atoms with Gasteiger partial charge in [0.05, 0.1) is 11.4 Å². The highest BCUT2D eigenvalue weighted by Crippen LogP contribution is 2.31. The third-order valence-electron chi connectivity index (χ3n) is 3.21. The highest BCUT2D eigenvalue weighted by Gasteiger charge is 2.29. The topological polar surface area (TPSA) is 72.3 Å². The number of hydrogen-bond donors (Lipinski definition) is 2. The van der Waals surface area contributed by atoms with Crippen LogP contribution in [0.2, 0.25) is 0 Å². The van der Waals surface area contributed by atoms with Gasteiger partial charge in [0, 0.05) is 19.0 Å². The van der Waals surface area contributed by atoms with Crippen LogP contribution in [0, 0.1) is 13.8 Å². The number of carbonyl (C=O) groups is 1. The van der Waals surface area contributed by atoms with Gasteiger partial charge in [-0.2, -0.15) is 0 Å². The van der Waals surface area contributed by atoms with Crippen molar-refractivity contribution in [2.24, 2.45) is 5.73 Å². The van der Waals surface area contributed by atoms with Gasteiger partial charge >= 0.3 is 0 Å². The van der Waals surface area contributed by atoms with Crippen LogP contribution in [0.3, 0.4) is 0 Å². The summed E-state index contributed by atoms with van der Waals surface area (Å²) in [6, 6.07) is 3.81. The molecule has 1 aromatic carbocycles. The number of rotatable bonds is 1. The third kappa shape index (κ3) is 1.65. The Morgan fingerprint density at radius 1 is 1.38 bits per heavy atom. The fourth-order valence-corrected chi connectivity index (χ4v) is 2.03. The number of aryl methyl sites for hydroxylation is 1. The molecule has 4 N–H and O–H groups in total. The van der Waals surface area contributed by atoms with Crippen molar-refractivity contribution in [1.29, 1.82) is 0 Å². The van der Waals surface area contributed by atoms with E-state index in [1.54, 1.807) is 4.90 Å². The predicted molar refractivity (Wildman–Crippen MR) is 65.3 cm³/mol. The zero-order valence-electron chi connectivity index (χ0n) is 9.66. The smallest absolute Gasteiger partial charge is 0.228 e. The summed E-state index contributed by atoms with van der Waals surface area (Å²) in [5.74, 6) is 0.0578. The second-order valence-electron chi connectivity index (χ2n) is 4.41. The molecule has 0 bridgehead atoms. The molecule has 4 nitrogen and oxygen atoms in total. The first-order valence-corrected chi connectivity index (χ1v) is 5.42. The van der Waals surface area contributed by atoms with Crippen LogP contribution >= 0.6 is 0 Å².